The summed E-state index contributed by atoms with van der Waals surface area (Å²) in [5, 5.41) is 14.1. The summed E-state index contributed by atoms with van der Waals surface area (Å²) in [6.45, 7) is 2.17. The van der Waals surface area contributed by atoms with E-state index in [1.54, 1.807) is 12.1 Å². The zero-order chi connectivity index (χ0) is 12.4. The summed E-state index contributed by atoms with van der Waals surface area (Å²) in [4.78, 5) is 10.3. The summed E-state index contributed by atoms with van der Waals surface area (Å²) in [7, 11) is 1.44. The van der Waals surface area contributed by atoms with E-state index in [1.165, 1.54) is 26.0 Å². The first-order valence-electron chi connectivity index (χ1n) is 5.74. The Labute approximate surface area is 99.9 Å². The van der Waals surface area contributed by atoms with Crippen molar-refractivity contribution in [1.29, 1.82) is 0 Å². The molecule has 0 aliphatic heterocycles. The summed E-state index contributed by atoms with van der Waals surface area (Å²) in [5.41, 5.74) is 0.884. The molecule has 1 aromatic carbocycles. The number of rotatable bonds is 5. The molecule has 1 saturated carbocycles. The predicted molar refractivity (Wildman–Crippen MR) is 65.5 cm³/mol. The number of ether oxygens (including phenoxy) is 1. The standard InChI is InChI=1S/C12H16N2O3/c1-3-8-6-10(8)13-9-4-5-11(14(15)16)12(7-9)17-2/h4-5,7-8,10,13H,3,6H2,1-2H3. The molecule has 0 radical (unpaired) electrons. The van der Waals surface area contributed by atoms with E-state index in [9.17, 15) is 10.1 Å². The van der Waals surface area contributed by atoms with Gasteiger partial charge in [-0.2, -0.15) is 0 Å². The molecule has 92 valence electrons. The number of nitro groups is 1. The molecule has 17 heavy (non-hydrogen) atoms. The van der Waals surface area contributed by atoms with E-state index in [0.717, 1.165) is 11.6 Å². The number of nitro benzene ring substituents is 1. The van der Waals surface area contributed by atoms with E-state index in [0.29, 0.717) is 11.8 Å². The van der Waals surface area contributed by atoms with E-state index in [-0.39, 0.29) is 5.69 Å². The highest BCUT2D eigenvalue weighted by Crippen LogP contribution is 2.37. The molecule has 2 rings (SSSR count). The topological polar surface area (TPSA) is 64.4 Å². The third-order valence-electron chi connectivity index (χ3n) is 3.18. The summed E-state index contributed by atoms with van der Waals surface area (Å²) in [6, 6.07) is 5.39. The van der Waals surface area contributed by atoms with Gasteiger partial charge in [-0.1, -0.05) is 13.3 Å². The fraction of sp³-hybridized carbons (Fsp3) is 0.500. The minimum absolute atomic E-state index is 0.000823. The van der Waals surface area contributed by atoms with Crippen molar-refractivity contribution in [1.82, 2.24) is 0 Å². The van der Waals surface area contributed by atoms with Crippen LogP contribution in [0.4, 0.5) is 11.4 Å². The van der Waals surface area contributed by atoms with Gasteiger partial charge in [0.15, 0.2) is 5.75 Å². The monoisotopic (exact) mass is 236 g/mol. The van der Waals surface area contributed by atoms with Gasteiger partial charge in [0, 0.05) is 23.9 Å². The van der Waals surface area contributed by atoms with Crippen LogP contribution in [0, 0.1) is 16.0 Å². The number of hydrogen-bond acceptors (Lipinski definition) is 4. The summed E-state index contributed by atoms with van der Waals surface area (Å²) in [5.74, 6) is 1.03. The first-order valence-corrected chi connectivity index (χ1v) is 5.74. The van der Waals surface area contributed by atoms with Gasteiger partial charge in [0.05, 0.1) is 12.0 Å². The fourth-order valence-corrected chi connectivity index (χ4v) is 2.01. The highest BCUT2D eigenvalue weighted by atomic mass is 16.6. The van der Waals surface area contributed by atoms with Crippen LogP contribution in [0.15, 0.2) is 18.2 Å². The summed E-state index contributed by atoms with van der Waals surface area (Å²) >= 11 is 0. The summed E-state index contributed by atoms with van der Waals surface area (Å²) < 4.78 is 5.02. The van der Waals surface area contributed by atoms with Crippen molar-refractivity contribution in [2.75, 3.05) is 12.4 Å². The van der Waals surface area contributed by atoms with Crippen LogP contribution in [0.3, 0.4) is 0 Å². The van der Waals surface area contributed by atoms with Crippen LogP contribution in [-0.2, 0) is 0 Å². The molecule has 0 spiro atoms. The van der Waals surface area contributed by atoms with Crippen molar-refractivity contribution in [2.24, 2.45) is 5.92 Å². The molecule has 5 nitrogen and oxygen atoms in total. The van der Waals surface area contributed by atoms with Gasteiger partial charge in [0.25, 0.3) is 0 Å². The van der Waals surface area contributed by atoms with Crippen LogP contribution in [0.5, 0.6) is 5.75 Å². The minimum atomic E-state index is -0.436. The molecule has 2 atom stereocenters. The molecule has 0 bridgehead atoms. The van der Waals surface area contributed by atoms with Crippen LogP contribution >= 0.6 is 0 Å². The zero-order valence-corrected chi connectivity index (χ0v) is 9.97. The zero-order valence-electron chi connectivity index (χ0n) is 9.97. The molecule has 0 heterocycles. The van der Waals surface area contributed by atoms with Crippen molar-refractivity contribution in [3.05, 3.63) is 28.3 Å². The lowest BCUT2D eigenvalue weighted by Crippen LogP contribution is -2.04. The lowest BCUT2D eigenvalue weighted by Gasteiger charge is -2.07. The Morgan fingerprint density at radius 3 is 2.88 bits per heavy atom. The number of methoxy groups -OCH3 is 1. The van der Waals surface area contributed by atoms with Crippen molar-refractivity contribution < 1.29 is 9.66 Å². The summed E-state index contributed by atoms with van der Waals surface area (Å²) in [6.07, 6.45) is 2.34. The van der Waals surface area contributed by atoms with Crippen LogP contribution < -0.4 is 10.1 Å². The predicted octanol–water partition coefficient (Wildman–Crippen LogP) is 2.81. The fourth-order valence-electron chi connectivity index (χ4n) is 2.01. The van der Waals surface area contributed by atoms with Crippen molar-refractivity contribution >= 4 is 11.4 Å². The van der Waals surface area contributed by atoms with Gasteiger partial charge in [-0.3, -0.25) is 10.1 Å². The Morgan fingerprint density at radius 2 is 2.35 bits per heavy atom. The van der Waals surface area contributed by atoms with Crippen LogP contribution in [0.1, 0.15) is 19.8 Å². The first kappa shape index (κ1) is 11.7. The molecule has 0 amide bonds. The van der Waals surface area contributed by atoms with Crippen molar-refractivity contribution in [2.45, 2.75) is 25.8 Å². The number of nitrogens with zero attached hydrogens (tertiary/aromatic N) is 1. The van der Waals surface area contributed by atoms with Gasteiger partial charge in [-0.15, -0.1) is 0 Å². The highest BCUT2D eigenvalue weighted by Gasteiger charge is 2.35. The van der Waals surface area contributed by atoms with Crippen molar-refractivity contribution in [3.8, 4) is 5.75 Å². The third kappa shape index (κ3) is 2.49. The van der Waals surface area contributed by atoms with Gasteiger partial charge in [-0.05, 0) is 18.4 Å². The third-order valence-corrected chi connectivity index (χ3v) is 3.18. The van der Waals surface area contributed by atoms with Crippen molar-refractivity contribution in [3.63, 3.8) is 0 Å². The Hall–Kier alpha value is -1.78. The minimum Gasteiger partial charge on any atom is -0.490 e. The van der Waals surface area contributed by atoms with Crippen LogP contribution in [-0.4, -0.2) is 18.1 Å². The molecule has 1 aliphatic carbocycles. The van der Waals surface area contributed by atoms with E-state index >= 15 is 0 Å². The van der Waals surface area contributed by atoms with E-state index in [4.69, 9.17) is 4.74 Å². The Balaban J connectivity index is 2.12. The number of anilines is 1. The van der Waals surface area contributed by atoms with Crippen LogP contribution in [0.25, 0.3) is 0 Å². The van der Waals surface area contributed by atoms with Gasteiger partial charge >= 0.3 is 5.69 Å². The SMILES string of the molecule is CCC1CC1Nc1ccc([N+](=O)[O-])c(OC)c1. The quantitative estimate of drug-likeness (QED) is 0.630. The molecule has 1 fully saturated rings. The Kier molecular flexibility index (Phi) is 3.17. The average molecular weight is 236 g/mol. The molecule has 2 unspecified atom stereocenters. The largest absolute Gasteiger partial charge is 0.490 e. The second-order valence-corrected chi connectivity index (χ2v) is 4.30. The molecular weight excluding hydrogens is 220 g/mol. The Bertz CT molecular complexity index is 434. The second kappa shape index (κ2) is 4.61. The molecule has 1 N–H and O–H groups in total. The first-order chi connectivity index (χ1) is 8.15. The highest BCUT2D eigenvalue weighted by molar-refractivity contribution is 5.58. The molecule has 1 aliphatic rings. The maximum atomic E-state index is 10.7. The maximum Gasteiger partial charge on any atom is 0.311 e. The van der Waals surface area contributed by atoms with Gasteiger partial charge in [0.2, 0.25) is 0 Å². The molecule has 1 aromatic rings. The molecule has 5 heteroatoms. The van der Waals surface area contributed by atoms with Gasteiger partial charge in [-0.25, -0.2) is 0 Å². The number of benzene rings is 1. The Morgan fingerprint density at radius 1 is 1.59 bits per heavy atom. The molecule has 0 saturated heterocycles. The van der Waals surface area contributed by atoms with E-state index in [1.807, 2.05) is 0 Å². The lowest BCUT2D eigenvalue weighted by molar-refractivity contribution is -0.385. The second-order valence-electron chi connectivity index (χ2n) is 4.30. The normalized spacial score (nSPS) is 22.0. The van der Waals surface area contributed by atoms with Gasteiger partial charge in [0.1, 0.15) is 0 Å². The van der Waals surface area contributed by atoms with Gasteiger partial charge < -0.3 is 10.1 Å². The number of nitrogens with one attached hydrogen (secondary N) is 1. The molecule has 0 aromatic heterocycles. The number of hydrogen-bond donors (Lipinski definition) is 1. The van der Waals surface area contributed by atoms with E-state index in [2.05, 4.69) is 12.2 Å². The average Bonchev–Trinajstić information content (AvgIpc) is 3.07. The van der Waals surface area contributed by atoms with Crippen LogP contribution in [0.2, 0.25) is 0 Å². The lowest BCUT2D eigenvalue weighted by atomic mass is 10.2. The van der Waals surface area contributed by atoms with E-state index < -0.39 is 4.92 Å². The smallest absolute Gasteiger partial charge is 0.311 e. The molecular formula is C12H16N2O3. The maximum absolute atomic E-state index is 10.7.